The molecule has 2 aromatic rings. The third-order valence-corrected chi connectivity index (χ3v) is 4.15. The molecule has 1 aromatic carbocycles. The van der Waals surface area contributed by atoms with Crippen LogP contribution in [0.5, 0.6) is 0 Å². The molecule has 1 aromatic heterocycles. The zero-order chi connectivity index (χ0) is 16.1. The Kier molecular flexibility index (Phi) is 4.59. The van der Waals surface area contributed by atoms with Gasteiger partial charge in [-0.3, -0.25) is 4.79 Å². The van der Waals surface area contributed by atoms with Gasteiger partial charge in [0.1, 0.15) is 0 Å². The molecule has 0 bridgehead atoms. The fourth-order valence-electron chi connectivity index (χ4n) is 3.04. The number of benzene rings is 1. The maximum absolute atomic E-state index is 12.5. The lowest BCUT2D eigenvalue weighted by Crippen LogP contribution is -2.33. The Morgan fingerprint density at radius 2 is 2.22 bits per heavy atom. The highest BCUT2D eigenvalue weighted by Crippen LogP contribution is 2.30. The zero-order valence-electron chi connectivity index (χ0n) is 12.7. The number of imidazole rings is 1. The van der Waals surface area contributed by atoms with Crippen LogP contribution in [-0.4, -0.2) is 33.4 Å². The van der Waals surface area contributed by atoms with E-state index in [0.717, 1.165) is 5.56 Å². The van der Waals surface area contributed by atoms with Crippen LogP contribution in [0, 0.1) is 5.92 Å². The van der Waals surface area contributed by atoms with Crippen molar-refractivity contribution in [2.45, 2.75) is 19.0 Å². The molecule has 1 saturated heterocycles. The normalized spacial score (nSPS) is 18.7. The van der Waals surface area contributed by atoms with Gasteiger partial charge in [0.15, 0.2) is 0 Å². The Hall–Kier alpha value is -2.79. The van der Waals surface area contributed by atoms with Crippen molar-refractivity contribution in [1.29, 1.82) is 0 Å². The van der Waals surface area contributed by atoms with Crippen molar-refractivity contribution in [3.05, 3.63) is 65.1 Å². The Morgan fingerprint density at radius 3 is 2.91 bits per heavy atom. The Labute approximate surface area is 134 Å². The first-order valence-electron chi connectivity index (χ1n) is 7.59. The molecule has 7 nitrogen and oxygen atoms in total. The molecule has 2 unspecified atom stereocenters. The van der Waals surface area contributed by atoms with Gasteiger partial charge < -0.3 is 9.47 Å². The smallest absolute Gasteiger partial charge is 0.223 e. The molecule has 0 aliphatic carbocycles. The summed E-state index contributed by atoms with van der Waals surface area (Å²) >= 11 is 0. The number of azide groups is 1. The Morgan fingerprint density at radius 1 is 1.39 bits per heavy atom. The van der Waals surface area contributed by atoms with Crippen molar-refractivity contribution in [3.8, 4) is 0 Å². The van der Waals surface area contributed by atoms with E-state index >= 15 is 0 Å². The summed E-state index contributed by atoms with van der Waals surface area (Å²) in [6, 6.07) is 9.95. The number of carbonyl (C=O) groups is 1. The van der Waals surface area contributed by atoms with E-state index in [0.29, 0.717) is 26.1 Å². The first-order chi connectivity index (χ1) is 11.3. The summed E-state index contributed by atoms with van der Waals surface area (Å²) in [7, 11) is 0. The first kappa shape index (κ1) is 15.1. The van der Waals surface area contributed by atoms with Crippen molar-refractivity contribution >= 4 is 5.91 Å². The highest BCUT2D eigenvalue weighted by molar-refractivity contribution is 5.79. The summed E-state index contributed by atoms with van der Waals surface area (Å²) < 4.78 is 1.98. The molecule has 1 amide bonds. The number of hydrogen-bond acceptors (Lipinski definition) is 3. The molecule has 0 N–H and O–H groups in total. The van der Waals surface area contributed by atoms with E-state index in [9.17, 15) is 4.79 Å². The second-order valence-corrected chi connectivity index (χ2v) is 5.72. The van der Waals surface area contributed by atoms with E-state index in [-0.39, 0.29) is 17.9 Å². The molecule has 7 heteroatoms. The molecule has 0 radical (unpaired) electrons. The SMILES string of the molecule is [N-]=[N+]=NCC1CC(=O)N(C(Cn2ccnc2)c2ccccc2)C1. The topological polar surface area (TPSA) is 86.9 Å². The largest absolute Gasteiger partial charge is 0.335 e. The van der Waals surface area contributed by atoms with E-state index in [4.69, 9.17) is 5.53 Å². The molecule has 0 saturated carbocycles. The molecular formula is C16H18N6O. The number of aromatic nitrogens is 2. The molecule has 1 fully saturated rings. The highest BCUT2D eigenvalue weighted by atomic mass is 16.2. The van der Waals surface area contributed by atoms with Gasteiger partial charge in [-0.25, -0.2) is 4.98 Å². The molecular weight excluding hydrogens is 292 g/mol. The van der Waals surface area contributed by atoms with Crippen LogP contribution in [0.25, 0.3) is 10.4 Å². The molecule has 1 aliphatic heterocycles. The van der Waals surface area contributed by atoms with Crippen LogP contribution in [-0.2, 0) is 11.3 Å². The second-order valence-electron chi connectivity index (χ2n) is 5.72. The van der Waals surface area contributed by atoms with Gasteiger partial charge in [0.25, 0.3) is 0 Å². The van der Waals surface area contributed by atoms with Crippen LogP contribution in [0.15, 0.2) is 54.2 Å². The zero-order valence-corrected chi connectivity index (χ0v) is 12.7. The average molecular weight is 310 g/mol. The van der Waals surface area contributed by atoms with Crippen LogP contribution in [0.3, 0.4) is 0 Å². The quantitative estimate of drug-likeness (QED) is 0.466. The average Bonchev–Trinajstić information content (AvgIpc) is 3.21. The second kappa shape index (κ2) is 6.98. The van der Waals surface area contributed by atoms with Gasteiger partial charge in [-0.15, -0.1) is 0 Å². The van der Waals surface area contributed by atoms with E-state index in [1.54, 1.807) is 12.5 Å². The summed E-state index contributed by atoms with van der Waals surface area (Å²) in [5, 5.41) is 3.62. The molecule has 1 aliphatic rings. The maximum atomic E-state index is 12.5. The van der Waals surface area contributed by atoms with Gasteiger partial charge in [-0.2, -0.15) is 0 Å². The molecule has 23 heavy (non-hydrogen) atoms. The molecule has 2 heterocycles. The number of rotatable bonds is 6. The van der Waals surface area contributed by atoms with E-state index < -0.39 is 0 Å². The first-order valence-corrected chi connectivity index (χ1v) is 7.59. The lowest BCUT2D eigenvalue weighted by atomic mass is 10.1. The molecule has 3 rings (SSSR count). The summed E-state index contributed by atoms with van der Waals surface area (Å²) in [5.41, 5.74) is 9.56. The fourth-order valence-corrected chi connectivity index (χ4v) is 3.04. The van der Waals surface area contributed by atoms with Crippen molar-refractivity contribution in [3.63, 3.8) is 0 Å². The minimum absolute atomic E-state index is 0.0473. The van der Waals surface area contributed by atoms with E-state index in [2.05, 4.69) is 15.0 Å². The molecule has 2 atom stereocenters. The van der Waals surface area contributed by atoms with Crippen LogP contribution >= 0.6 is 0 Å². The number of nitrogens with zero attached hydrogens (tertiary/aromatic N) is 6. The molecule has 118 valence electrons. The summed E-state index contributed by atoms with van der Waals surface area (Å²) in [6.07, 6.45) is 5.83. The number of amides is 1. The minimum Gasteiger partial charge on any atom is -0.335 e. The third kappa shape index (κ3) is 3.52. The Balaban J connectivity index is 1.83. The van der Waals surface area contributed by atoms with Crippen LogP contribution in [0.2, 0.25) is 0 Å². The van der Waals surface area contributed by atoms with E-state index in [1.165, 1.54) is 0 Å². The van der Waals surface area contributed by atoms with Gasteiger partial charge in [0.2, 0.25) is 5.91 Å². The van der Waals surface area contributed by atoms with Crippen molar-refractivity contribution in [1.82, 2.24) is 14.5 Å². The maximum Gasteiger partial charge on any atom is 0.223 e. The standard InChI is InChI=1S/C16H18N6O/c17-20-19-9-13-8-16(23)22(10-13)15(11-21-7-6-18-12-21)14-4-2-1-3-5-14/h1-7,12-13,15H,8-11H2. The lowest BCUT2D eigenvalue weighted by molar-refractivity contribution is -0.130. The lowest BCUT2D eigenvalue weighted by Gasteiger charge is -2.29. The van der Waals surface area contributed by atoms with Crippen molar-refractivity contribution < 1.29 is 4.79 Å². The third-order valence-electron chi connectivity index (χ3n) is 4.15. The summed E-state index contributed by atoms with van der Waals surface area (Å²) in [4.78, 5) is 21.2. The fraction of sp³-hybridized carbons (Fsp3) is 0.375. The number of carbonyl (C=O) groups excluding carboxylic acids is 1. The van der Waals surface area contributed by atoms with Gasteiger partial charge in [-0.1, -0.05) is 35.4 Å². The predicted molar refractivity (Wildman–Crippen MR) is 85.2 cm³/mol. The number of hydrogen-bond donors (Lipinski definition) is 0. The van der Waals surface area contributed by atoms with Crippen molar-refractivity contribution in [2.24, 2.45) is 11.0 Å². The minimum atomic E-state index is -0.0473. The monoisotopic (exact) mass is 310 g/mol. The Bertz CT molecular complexity index is 693. The van der Waals surface area contributed by atoms with Crippen LogP contribution < -0.4 is 0 Å². The van der Waals surface area contributed by atoms with E-state index in [1.807, 2.05) is 46.0 Å². The van der Waals surface area contributed by atoms with Crippen LogP contribution in [0.4, 0.5) is 0 Å². The summed E-state index contributed by atoms with van der Waals surface area (Å²) in [5.74, 6) is 0.199. The molecule has 0 spiro atoms. The highest BCUT2D eigenvalue weighted by Gasteiger charge is 2.34. The van der Waals surface area contributed by atoms with Crippen LogP contribution in [0.1, 0.15) is 18.0 Å². The predicted octanol–water partition coefficient (Wildman–Crippen LogP) is 2.78. The van der Waals surface area contributed by atoms with Gasteiger partial charge in [-0.05, 0) is 17.0 Å². The number of likely N-dealkylation sites (tertiary alicyclic amines) is 1. The van der Waals surface area contributed by atoms with Gasteiger partial charge >= 0.3 is 0 Å². The van der Waals surface area contributed by atoms with Gasteiger partial charge in [0, 0.05) is 43.4 Å². The summed E-state index contributed by atoms with van der Waals surface area (Å²) in [6.45, 7) is 1.64. The van der Waals surface area contributed by atoms with Crippen molar-refractivity contribution in [2.75, 3.05) is 13.1 Å². The van der Waals surface area contributed by atoms with Gasteiger partial charge in [0.05, 0.1) is 12.4 Å².